The molecule has 3 aromatic carbocycles. The van der Waals surface area contributed by atoms with Crippen molar-refractivity contribution in [2.24, 2.45) is 0 Å². The van der Waals surface area contributed by atoms with Gasteiger partial charge in [-0.15, -0.1) is 0 Å². The fraction of sp³-hybridized carbons (Fsp3) is 0.389. The number of piperidine rings is 1. The second-order valence-corrected chi connectivity index (χ2v) is 14.8. The number of piperazine rings is 1. The number of nitrogens with zero attached hydrogens (tertiary/aromatic N) is 4. The lowest BCUT2D eigenvalue weighted by Crippen LogP contribution is -2.58. The minimum atomic E-state index is -4.74. The number of phenols is 1. The van der Waals surface area contributed by atoms with Gasteiger partial charge < -0.3 is 40.1 Å². The number of nitrogens with one attached hydrogen (secondary N) is 2. The third kappa shape index (κ3) is 8.51. The van der Waals surface area contributed by atoms with Crippen LogP contribution in [0.2, 0.25) is 0 Å². The number of alkyl halides is 3. The van der Waals surface area contributed by atoms with Crippen molar-refractivity contribution in [1.82, 2.24) is 20.0 Å². The molecule has 282 valence electrons. The lowest BCUT2D eigenvalue weighted by atomic mass is 10.0. The standard InChI is InChI=1S/C36H37Br2F3N6O6/c1-53-33(50)22-6-7-30(25(19-22)36(39,40)41)44-12-14-45(15-13-44)32(49)29(18-21-16-26(37)31(48)27(38)17-21)43-34(51)46-10-8-24(9-11-46)47-20-23-4-2-3-5-28(23)42-35(47)52/h2-7,16-17,19,24,29,48H,8-15,18,20H2,1H3,(H,42,52)(H,43,51)/t29-/m1/s1. The molecule has 12 nitrogen and oxygen atoms in total. The molecule has 3 aliphatic heterocycles. The van der Waals surface area contributed by atoms with Crippen molar-refractivity contribution >= 4 is 67.2 Å². The van der Waals surface area contributed by atoms with E-state index in [2.05, 4.69) is 47.2 Å². The number of phenolic OH excluding ortho intramolecular Hbond substituents is 1. The number of carbonyl (C=O) groups excluding carboxylic acids is 4. The Labute approximate surface area is 320 Å². The first-order valence-electron chi connectivity index (χ1n) is 16.9. The maximum absolute atomic E-state index is 14.1. The highest BCUT2D eigenvalue weighted by atomic mass is 79.9. The number of anilines is 2. The molecular weight excluding hydrogens is 829 g/mol. The number of benzene rings is 3. The fourth-order valence-corrected chi connectivity index (χ4v) is 8.26. The summed E-state index contributed by atoms with van der Waals surface area (Å²) in [6, 6.07) is 12.4. The monoisotopic (exact) mass is 864 g/mol. The number of para-hydroxylation sites is 1. The summed E-state index contributed by atoms with van der Waals surface area (Å²) < 4.78 is 47.6. The first-order chi connectivity index (χ1) is 25.2. The highest BCUT2D eigenvalue weighted by Crippen LogP contribution is 2.38. The van der Waals surface area contributed by atoms with Gasteiger partial charge in [0.1, 0.15) is 11.8 Å². The van der Waals surface area contributed by atoms with Gasteiger partial charge in [-0.25, -0.2) is 14.4 Å². The van der Waals surface area contributed by atoms with Crippen molar-refractivity contribution in [3.8, 4) is 5.75 Å². The van der Waals surface area contributed by atoms with Crippen LogP contribution in [0.5, 0.6) is 5.75 Å². The number of halogens is 5. The van der Waals surface area contributed by atoms with Gasteiger partial charge in [0.25, 0.3) is 0 Å². The molecule has 17 heteroatoms. The summed E-state index contributed by atoms with van der Waals surface area (Å²) in [6.45, 7) is 1.49. The van der Waals surface area contributed by atoms with Crippen molar-refractivity contribution in [3.63, 3.8) is 0 Å². The van der Waals surface area contributed by atoms with Crippen LogP contribution in [0.4, 0.5) is 34.1 Å². The number of hydrogen-bond donors (Lipinski definition) is 3. The normalized spacial score (nSPS) is 17.2. The summed E-state index contributed by atoms with van der Waals surface area (Å²) in [5.74, 6) is -1.32. The van der Waals surface area contributed by atoms with Gasteiger partial charge in [-0.2, -0.15) is 13.2 Å². The van der Waals surface area contributed by atoms with Crippen LogP contribution in [0, 0.1) is 0 Å². The van der Waals surface area contributed by atoms with Crippen LogP contribution < -0.4 is 15.5 Å². The second-order valence-electron chi connectivity index (χ2n) is 13.1. The first kappa shape index (κ1) is 38.2. The van der Waals surface area contributed by atoms with Crippen LogP contribution in [-0.4, -0.2) is 102 Å². The van der Waals surface area contributed by atoms with E-state index >= 15 is 0 Å². The van der Waals surface area contributed by atoms with Gasteiger partial charge in [0.2, 0.25) is 5.91 Å². The summed E-state index contributed by atoms with van der Waals surface area (Å²) in [5, 5.41) is 16.1. The number of carbonyl (C=O) groups is 4. The Kier molecular flexibility index (Phi) is 11.4. The van der Waals surface area contributed by atoms with Crippen molar-refractivity contribution in [2.45, 2.75) is 44.1 Å². The van der Waals surface area contributed by atoms with Gasteiger partial charge in [-0.1, -0.05) is 18.2 Å². The van der Waals surface area contributed by atoms with E-state index in [1.165, 1.54) is 21.9 Å². The van der Waals surface area contributed by atoms with Gasteiger partial charge in [-0.3, -0.25) is 4.79 Å². The Balaban J connectivity index is 1.14. The Morgan fingerprint density at radius 3 is 2.26 bits per heavy atom. The molecule has 0 aliphatic carbocycles. The van der Waals surface area contributed by atoms with E-state index in [1.807, 2.05) is 24.3 Å². The van der Waals surface area contributed by atoms with Crippen molar-refractivity contribution in [1.29, 1.82) is 0 Å². The predicted molar refractivity (Wildman–Crippen MR) is 197 cm³/mol. The lowest BCUT2D eigenvalue weighted by molar-refractivity contribution is -0.137. The molecule has 3 aliphatic rings. The molecule has 2 fully saturated rings. The third-order valence-electron chi connectivity index (χ3n) is 9.82. The van der Waals surface area contributed by atoms with Crippen LogP contribution in [0.25, 0.3) is 0 Å². The summed E-state index contributed by atoms with van der Waals surface area (Å²) in [7, 11) is 1.09. The zero-order chi connectivity index (χ0) is 38.0. The molecule has 0 unspecified atom stereocenters. The Morgan fingerprint density at radius 1 is 0.962 bits per heavy atom. The SMILES string of the molecule is COC(=O)c1ccc(N2CCN(C(=O)[C@@H](Cc3cc(Br)c(O)c(Br)c3)NC(=O)N3CCC(N4Cc5ccccc5NC4=O)CC3)CC2)c(C(F)(F)F)c1. The Bertz CT molecular complexity index is 1880. The van der Waals surface area contributed by atoms with E-state index < -0.39 is 35.7 Å². The van der Waals surface area contributed by atoms with Crippen LogP contribution in [0.3, 0.4) is 0 Å². The number of rotatable bonds is 7. The maximum atomic E-state index is 14.1. The van der Waals surface area contributed by atoms with E-state index in [0.717, 1.165) is 24.4 Å². The molecule has 0 spiro atoms. The van der Waals surface area contributed by atoms with Gasteiger partial charge in [0.05, 0.1) is 27.2 Å². The highest BCUT2D eigenvalue weighted by molar-refractivity contribution is 9.11. The van der Waals surface area contributed by atoms with Gasteiger partial charge in [0, 0.05) is 69.7 Å². The van der Waals surface area contributed by atoms with E-state index in [4.69, 9.17) is 0 Å². The second kappa shape index (κ2) is 15.8. The highest BCUT2D eigenvalue weighted by Gasteiger charge is 2.38. The Morgan fingerprint density at radius 2 is 1.62 bits per heavy atom. The lowest BCUT2D eigenvalue weighted by Gasteiger charge is -2.41. The van der Waals surface area contributed by atoms with E-state index in [-0.39, 0.29) is 61.7 Å². The van der Waals surface area contributed by atoms with Gasteiger partial charge in [-0.05, 0) is 92.2 Å². The largest absolute Gasteiger partial charge is 0.506 e. The molecule has 5 amide bonds. The van der Waals surface area contributed by atoms with E-state index in [1.54, 1.807) is 21.9 Å². The molecule has 2 saturated heterocycles. The average molecular weight is 867 g/mol. The quantitative estimate of drug-likeness (QED) is 0.241. The summed E-state index contributed by atoms with van der Waals surface area (Å²) in [6.07, 6.45) is -3.59. The third-order valence-corrected chi connectivity index (χ3v) is 11.0. The molecule has 6 rings (SSSR count). The van der Waals surface area contributed by atoms with Crippen LogP contribution in [0.15, 0.2) is 63.5 Å². The number of urea groups is 2. The number of aromatic hydroxyl groups is 1. The van der Waals surface area contributed by atoms with Crippen molar-refractivity contribution < 1.29 is 42.2 Å². The number of ether oxygens (including phenoxy) is 1. The number of hydrogen-bond acceptors (Lipinski definition) is 7. The van der Waals surface area contributed by atoms with Gasteiger partial charge >= 0.3 is 24.2 Å². The molecule has 0 radical (unpaired) electrons. The smallest absolute Gasteiger partial charge is 0.418 e. The van der Waals surface area contributed by atoms with E-state index in [0.29, 0.717) is 47.0 Å². The number of esters is 1. The molecule has 53 heavy (non-hydrogen) atoms. The van der Waals surface area contributed by atoms with E-state index in [9.17, 15) is 37.5 Å². The molecule has 0 saturated carbocycles. The molecule has 3 aromatic rings. The number of likely N-dealkylation sites (tertiary alicyclic amines) is 1. The number of amides is 5. The molecule has 0 aromatic heterocycles. The molecule has 3 heterocycles. The average Bonchev–Trinajstić information content (AvgIpc) is 3.15. The zero-order valence-electron chi connectivity index (χ0n) is 28.6. The van der Waals surface area contributed by atoms with Crippen molar-refractivity contribution in [3.05, 3.63) is 85.8 Å². The van der Waals surface area contributed by atoms with Crippen LogP contribution in [-0.2, 0) is 28.7 Å². The fourth-order valence-electron chi connectivity index (χ4n) is 6.98. The molecule has 0 bridgehead atoms. The molecule has 1 atom stereocenters. The zero-order valence-corrected chi connectivity index (χ0v) is 31.8. The minimum Gasteiger partial charge on any atom is -0.506 e. The van der Waals surface area contributed by atoms with Crippen molar-refractivity contribution in [2.75, 3.05) is 56.6 Å². The number of fused-ring (bicyclic) bond motifs is 1. The first-order valence-corrected chi connectivity index (χ1v) is 18.5. The summed E-state index contributed by atoms with van der Waals surface area (Å²) in [4.78, 5) is 59.0. The topological polar surface area (TPSA) is 135 Å². The Hall–Kier alpha value is -4.51. The molecular formula is C36H37Br2F3N6O6. The number of methoxy groups -OCH3 is 1. The van der Waals surface area contributed by atoms with Crippen LogP contribution >= 0.6 is 31.9 Å². The van der Waals surface area contributed by atoms with Crippen LogP contribution in [0.1, 0.15) is 39.9 Å². The minimum absolute atomic E-state index is 0.0247. The summed E-state index contributed by atoms with van der Waals surface area (Å²) >= 11 is 6.63. The predicted octanol–water partition coefficient (Wildman–Crippen LogP) is 6.20. The maximum Gasteiger partial charge on any atom is 0.418 e. The summed E-state index contributed by atoms with van der Waals surface area (Å²) in [5.41, 5.74) is 1.11. The molecule has 3 N–H and O–H groups in total. The van der Waals surface area contributed by atoms with Gasteiger partial charge in [0.15, 0.2) is 0 Å².